The van der Waals surface area contributed by atoms with Crippen molar-refractivity contribution in [3.05, 3.63) is 65.5 Å². The summed E-state index contributed by atoms with van der Waals surface area (Å²) in [6, 6.07) is 15.0. The molecule has 0 bridgehead atoms. The molecular weight excluding hydrogens is 369 g/mol. The van der Waals surface area contributed by atoms with Crippen LogP contribution in [0.2, 0.25) is 0 Å². The third-order valence-electron chi connectivity index (χ3n) is 5.62. The van der Waals surface area contributed by atoms with Crippen LogP contribution in [-0.2, 0) is 16.7 Å². The molecule has 1 aliphatic heterocycles. The topological polar surface area (TPSA) is 46.1 Å². The molecular formula is C23H30FN3O2. The molecule has 0 radical (unpaired) electrons. The fourth-order valence-electron chi connectivity index (χ4n) is 3.89. The summed E-state index contributed by atoms with van der Waals surface area (Å²) in [6.07, 6.45) is 1.88. The second-order valence-electron chi connectivity index (χ2n) is 7.51. The molecule has 5 nitrogen and oxygen atoms in total. The van der Waals surface area contributed by atoms with Crippen LogP contribution in [0.4, 0.5) is 4.39 Å². The van der Waals surface area contributed by atoms with Crippen LogP contribution in [0.5, 0.6) is 5.75 Å². The Balaban J connectivity index is 1.71. The minimum Gasteiger partial charge on any atom is -0.497 e. The Hall–Kier alpha value is -2.60. The largest absolute Gasteiger partial charge is 0.497 e. The van der Waals surface area contributed by atoms with E-state index in [9.17, 15) is 4.39 Å². The van der Waals surface area contributed by atoms with Gasteiger partial charge in [-0.3, -0.25) is 4.99 Å². The number of rotatable bonds is 6. The summed E-state index contributed by atoms with van der Waals surface area (Å²) in [5.41, 5.74) is 2.16. The van der Waals surface area contributed by atoms with Gasteiger partial charge in [0.25, 0.3) is 0 Å². The van der Waals surface area contributed by atoms with Gasteiger partial charge in [-0.25, -0.2) is 4.39 Å². The van der Waals surface area contributed by atoms with Crippen LogP contribution in [0.3, 0.4) is 0 Å². The standard InChI is InChI=1S/C23H30FN3O2/c1-25-22(27(2)16-18-5-4-6-20(24)15-18)26-17-23(11-13-29-14-12-23)19-7-9-21(28-3)10-8-19/h4-10,15H,11-14,16-17H2,1-3H3,(H,25,26). The average Bonchev–Trinajstić information content (AvgIpc) is 2.75. The molecule has 0 spiro atoms. The zero-order valence-corrected chi connectivity index (χ0v) is 17.5. The molecule has 1 heterocycles. The van der Waals surface area contributed by atoms with Gasteiger partial charge in [0.05, 0.1) is 7.11 Å². The Morgan fingerprint density at radius 3 is 2.55 bits per heavy atom. The highest BCUT2D eigenvalue weighted by molar-refractivity contribution is 5.79. The maximum Gasteiger partial charge on any atom is 0.193 e. The molecule has 1 aliphatic rings. The van der Waals surface area contributed by atoms with Gasteiger partial charge < -0.3 is 19.7 Å². The van der Waals surface area contributed by atoms with E-state index < -0.39 is 0 Å². The molecule has 0 unspecified atom stereocenters. The summed E-state index contributed by atoms with van der Waals surface area (Å²) in [7, 11) is 5.41. The molecule has 156 valence electrons. The number of hydrogen-bond donors (Lipinski definition) is 1. The van der Waals surface area contributed by atoms with E-state index in [1.165, 1.54) is 11.6 Å². The lowest BCUT2D eigenvalue weighted by atomic mass is 9.74. The highest BCUT2D eigenvalue weighted by Gasteiger charge is 2.35. The first-order valence-corrected chi connectivity index (χ1v) is 9.95. The van der Waals surface area contributed by atoms with Gasteiger partial charge in [0, 0.05) is 45.8 Å². The van der Waals surface area contributed by atoms with Crippen LogP contribution in [0.15, 0.2) is 53.5 Å². The lowest BCUT2D eigenvalue weighted by molar-refractivity contribution is 0.0512. The summed E-state index contributed by atoms with van der Waals surface area (Å²) in [4.78, 5) is 6.44. The number of ether oxygens (including phenoxy) is 2. The molecule has 1 saturated heterocycles. The number of nitrogens with zero attached hydrogens (tertiary/aromatic N) is 2. The van der Waals surface area contributed by atoms with E-state index in [4.69, 9.17) is 9.47 Å². The van der Waals surface area contributed by atoms with E-state index in [0.717, 1.165) is 49.9 Å². The van der Waals surface area contributed by atoms with Gasteiger partial charge in [-0.1, -0.05) is 24.3 Å². The van der Waals surface area contributed by atoms with Crippen molar-refractivity contribution in [3.63, 3.8) is 0 Å². The molecule has 0 amide bonds. The molecule has 29 heavy (non-hydrogen) atoms. The number of hydrogen-bond acceptors (Lipinski definition) is 3. The van der Waals surface area contributed by atoms with E-state index >= 15 is 0 Å². The Morgan fingerprint density at radius 1 is 1.21 bits per heavy atom. The molecule has 1 N–H and O–H groups in total. The quantitative estimate of drug-likeness (QED) is 0.596. The van der Waals surface area contributed by atoms with E-state index in [-0.39, 0.29) is 11.2 Å². The zero-order chi connectivity index (χ0) is 20.7. The van der Waals surface area contributed by atoms with Crippen LogP contribution in [-0.4, -0.2) is 51.8 Å². The molecule has 0 atom stereocenters. The monoisotopic (exact) mass is 399 g/mol. The fourth-order valence-corrected chi connectivity index (χ4v) is 3.89. The van der Waals surface area contributed by atoms with Gasteiger partial charge in [0.1, 0.15) is 11.6 Å². The highest BCUT2D eigenvalue weighted by atomic mass is 19.1. The van der Waals surface area contributed by atoms with Gasteiger partial charge in [0.15, 0.2) is 5.96 Å². The van der Waals surface area contributed by atoms with Crippen molar-refractivity contribution in [2.24, 2.45) is 4.99 Å². The van der Waals surface area contributed by atoms with Gasteiger partial charge in [0.2, 0.25) is 0 Å². The van der Waals surface area contributed by atoms with Crippen LogP contribution >= 0.6 is 0 Å². The van der Waals surface area contributed by atoms with Gasteiger partial charge in [-0.05, 0) is 48.2 Å². The predicted molar refractivity (Wildman–Crippen MR) is 114 cm³/mol. The summed E-state index contributed by atoms with van der Waals surface area (Å²) < 4.78 is 24.4. The second kappa shape index (κ2) is 9.74. The summed E-state index contributed by atoms with van der Waals surface area (Å²) in [5, 5.41) is 3.54. The van der Waals surface area contributed by atoms with Crippen molar-refractivity contribution in [2.45, 2.75) is 24.8 Å². The zero-order valence-electron chi connectivity index (χ0n) is 17.5. The molecule has 6 heteroatoms. The number of aliphatic imine (C=N–C) groups is 1. The van der Waals surface area contributed by atoms with Crippen molar-refractivity contribution < 1.29 is 13.9 Å². The summed E-state index contributed by atoms with van der Waals surface area (Å²) in [6.45, 7) is 2.82. The minimum atomic E-state index is -0.223. The Labute approximate surface area is 172 Å². The number of methoxy groups -OCH3 is 1. The van der Waals surface area contributed by atoms with E-state index in [1.54, 1.807) is 26.3 Å². The van der Waals surface area contributed by atoms with Crippen molar-refractivity contribution in [1.29, 1.82) is 0 Å². The number of guanidine groups is 1. The molecule has 2 aromatic rings. The lowest BCUT2D eigenvalue weighted by Crippen LogP contribution is -2.48. The Morgan fingerprint density at radius 2 is 1.93 bits per heavy atom. The van der Waals surface area contributed by atoms with Gasteiger partial charge in [-0.15, -0.1) is 0 Å². The van der Waals surface area contributed by atoms with Crippen molar-refractivity contribution in [3.8, 4) is 5.75 Å². The maximum atomic E-state index is 13.5. The first kappa shape index (κ1) is 21.1. The first-order valence-electron chi connectivity index (χ1n) is 9.95. The molecule has 3 rings (SSSR count). The third-order valence-corrected chi connectivity index (χ3v) is 5.62. The van der Waals surface area contributed by atoms with Crippen LogP contribution in [0, 0.1) is 5.82 Å². The van der Waals surface area contributed by atoms with Gasteiger partial charge >= 0.3 is 0 Å². The minimum absolute atomic E-state index is 0.0276. The molecule has 0 saturated carbocycles. The van der Waals surface area contributed by atoms with E-state index in [0.29, 0.717) is 6.54 Å². The maximum absolute atomic E-state index is 13.5. The third kappa shape index (κ3) is 5.26. The number of benzene rings is 2. The van der Waals surface area contributed by atoms with Crippen LogP contribution in [0.25, 0.3) is 0 Å². The van der Waals surface area contributed by atoms with Crippen molar-refractivity contribution >= 4 is 5.96 Å². The van der Waals surface area contributed by atoms with Crippen molar-refractivity contribution in [2.75, 3.05) is 41.0 Å². The van der Waals surface area contributed by atoms with E-state index in [1.807, 2.05) is 30.1 Å². The van der Waals surface area contributed by atoms with Gasteiger partial charge in [-0.2, -0.15) is 0 Å². The van der Waals surface area contributed by atoms with Crippen molar-refractivity contribution in [1.82, 2.24) is 10.2 Å². The van der Waals surface area contributed by atoms with E-state index in [2.05, 4.69) is 22.4 Å². The summed E-state index contributed by atoms with van der Waals surface area (Å²) >= 11 is 0. The SMILES string of the molecule is CN=C(NCC1(c2ccc(OC)cc2)CCOCC1)N(C)Cc1cccc(F)c1. The number of nitrogens with one attached hydrogen (secondary N) is 1. The Bertz CT molecular complexity index is 817. The smallest absolute Gasteiger partial charge is 0.193 e. The molecule has 1 fully saturated rings. The predicted octanol–water partition coefficient (Wildman–Crippen LogP) is 3.59. The average molecular weight is 400 g/mol. The van der Waals surface area contributed by atoms with Crippen LogP contribution < -0.4 is 10.1 Å². The molecule has 0 aliphatic carbocycles. The normalized spacial score (nSPS) is 16.3. The van der Waals surface area contributed by atoms with Crippen LogP contribution in [0.1, 0.15) is 24.0 Å². The lowest BCUT2D eigenvalue weighted by Gasteiger charge is -2.39. The molecule has 2 aromatic carbocycles. The molecule has 0 aromatic heterocycles. The summed E-state index contributed by atoms with van der Waals surface area (Å²) in [5.74, 6) is 1.42. The first-order chi connectivity index (χ1) is 14.1. The number of halogens is 1. The fraction of sp³-hybridized carbons (Fsp3) is 0.435. The highest BCUT2D eigenvalue weighted by Crippen LogP contribution is 2.35. The second-order valence-corrected chi connectivity index (χ2v) is 7.51. The Kier molecular flexibility index (Phi) is 7.09.